The molecule has 1 aromatic heterocycles. The summed E-state index contributed by atoms with van der Waals surface area (Å²) in [5, 5.41) is 18.5. The fourth-order valence-electron chi connectivity index (χ4n) is 2.23. The number of anilines is 1. The van der Waals surface area contributed by atoms with Crippen molar-refractivity contribution in [3.05, 3.63) is 49.7 Å². The number of halogens is 2. The Hall–Kier alpha value is -2.12. The minimum atomic E-state index is -0.725. The van der Waals surface area contributed by atoms with E-state index >= 15 is 0 Å². The van der Waals surface area contributed by atoms with Crippen molar-refractivity contribution in [3.8, 4) is 0 Å². The normalized spacial score (nSPS) is 12.0. The molecule has 1 unspecified atom stereocenters. The van der Waals surface area contributed by atoms with Crippen LogP contribution in [-0.2, 0) is 4.79 Å². The van der Waals surface area contributed by atoms with Crippen LogP contribution in [0.5, 0.6) is 0 Å². The van der Waals surface area contributed by atoms with Crippen LogP contribution in [0.3, 0.4) is 0 Å². The first-order chi connectivity index (χ1) is 10.7. The molecule has 1 amide bonds. The molecular formula is C14H14Cl2N4O3. The molecular weight excluding hydrogens is 343 g/mol. The molecule has 1 atom stereocenters. The van der Waals surface area contributed by atoms with E-state index in [2.05, 4.69) is 10.4 Å². The highest BCUT2D eigenvalue weighted by atomic mass is 35.5. The molecule has 1 aromatic carbocycles. The second-order valence-electron chi connectivity index (χ2n) is 5.02. The highest BCUT2D eigenvalue weighted by Crippen LogP contribution is 2.27. The average molecular weight is 357 g/mol. The number of amides is 1. The van der Waals surface area contributed by atoms with Gasteiger partial charge in [-0.25, -0.2) is 0 Å². The van der Waals surface area contributed by atoms with Gasteiger partial charge in [-0.05, 0) is 39.0 Å². The Bertz CT molecular complexity index is 789. The first-order valence-electron chi connectivity index (χ1n) is 6.68. The Morgan fingerprint density at radius 3 is 2.52 bits per heavy atom. The number of hydrogen-bond donors (Lipinski definition) is 1. The minimum absolute atomic E-state index is 0.0841. The molecule has 9 heteroatoms. The smallest absolute Gasteiger partial charge is 0.312 e. The molecule has 0 spiro atoms. The molecule has 1 heterocycles. The van der Waals surface area contributed by atoms with Crippen LogP contribution < -0.4 is 5.32 Å². The van der Waals surface area contributed by atoms with Crippen molar-refractivity contribution in [2.24, 2.45) is 0 Å². The van der Waals surface area contributed by atoms with E-state index in [9.17, 15) is 14.9 Å². The van der Waals surface area contributed by atoms with Crippen molar-refractivity contribution in [2.45, 2.75) is 26.8 Å². The second kappa shape index (κ2) is 6.55. The number of carbonyl (C=O) groups excluding carboxylic acids is 1. The number of hydrogen-bond acceptors (Lipinski definition) is 4. The molecule has 23 heavy (non-hydrogen) atoms. The van der Waals surface area contributed by atoms with Gasteiger partial charge in [-0.3, -0.25) is 19.6 Å². The lowest BCUT2D eigenvalue weighted by molar-refractivity contribution is -0.386. The van der Waals surface area contributed by atoms with E-state index in [4.69, 9.17) is 23.2 Å². The molecule has 122 valence electrons. The van der Waals surface area contributed by atoms with Crippen molar-refractivity contribution < 1.29 is 9.72 Å². The first-order valence-corrected chi connectivity index (χ1v) is 7.44. The van der Waals surface area contributed by atoms with E-state index in [1.54, 1.807) is 26.0 Å². The molecule has 0 fully saturated rings. The average Bonchev–Trinajstić information content (AvgIpc) is 2.77. The summed E-state index contributed by atoms with van der Waals surface area (Å²) in [5.41, 5.74) is 0.984. The lowest BCUT2D eigenvalue weighted by Crippen LogP contribution is -2.25. The number of benzene rings is 1. The van der Waals surface area contributed by atoms with Gasteiger partial charge in [-0.2, -0.15) is 5.10 Å². The van der Waals surface area contributed by atoms with Gasteiger partial charge in [0.25, 0.3) is 0 Å². The van der Waals surface area contributed by atoms with E-state index in [-0.39, 0.29) is 17.3 Å². The molecule has 0 saturated heterocycles. The van der Waals surface area contributed by atoms with Crippen molar-refractivity contribution in [1.29, 1.82) is 0 Å². The summed E-state index contributed by atoms with van der Waals surface area (Å²) in [6, 6.07) is 3.98. The number of nitrogens with zero attached hydrogens (tertiary/aromatic N) is 3. The Balaban J connectivity index is 2.24. The summed E-state index contributed by atoms with van der Waals surface area (Å²) in [4.78, 5) is 22.9. The van der Waals surface area contributed by atoms with Crippen molar-refractivity contribution in [3.63, 3.8) is 0 Å². The van der Waals surface area contributed by atoms with Gasteiger partial charge >= 0.3 is 5.69 Å². The lowest BCUT2D eigenvalue weighted by atomic mass is 10.2. The summed E-state index contributed by atoms with van der Waals surface area (Å²) >= 11 is 11.7. The lowest BCUT2D eigenvalue weighted by Gasteiger charge is -2.14. The summed E-state index contributed by atoms with van der Waals surface area (Å²) in [7, 11) is 0. The van der Waals surface area contributed by atoms with Crippen LogP contribution in [0.1, 0.15) is 24.4 Å². The van der Waals surface area contributed by atoms with Crippen LogP contribution in [0.25, 0.3) is 0 Å². The van der Waals surface area contributed by atoms with Gasteiger partial charge < -0.3 is 5.32 Å². The van der Waals surface area contributed by atoms with Gasteiger partial charge in [0, 0.05) is 5.69 Å². The molecule has 0 bridgehead atoms. The zero-order valence-corrected chi connectivity index (χ0v) is 14.1. The molecule has 7 nitrogen and oxygen atoms in total. The maximum Gasteiger partial charge on any atom is 0.312 e. The van der Waals surface area contributed by atoms with Crippen LogP contribution in [0.15, 0.2) is 18.2 Å². The van der Waals surface area contributed by atoms with E-state index in [1.807, 2.05) is 0 Å². The van der Waals surface area contributed by atoms with Crippen LogP contribution in [0, 0.1) is 24.0 Å². The highest BCUT2D eigenvalue weighted by molar-refractivity contribution is 6.42. The van der Waals surface area contributed by atoms with Gasteiger partial charge in [0.15, 0.2) is 0 Å². The third-order valence-corrected chi connectivity index (χ3v) is 4.14. The summed E-state index contributed by atoms with van der Waals surface area (Å²) in [5.74, 6) is -0.371. The highest BCUT2D eigenvalue weighted by Gasteiger charge is 2.27. The fraction of sp³-hybridized carbons (Fsp3) is 0.286. The first kappa shape index (κ1) is 17.2. The number of nitrogens with one attached hydrogen (secondary N) is 1. The zero-order valence-electron chi connectivity index (χ0n) is 12.6. The molecule has 0 aliphatic heterocycles. The predicted molar refractivity (Wildman–Crippen MR) is 88.2 cm³/mol. The van der Waals surface area contributed by atoms with Crippen LogP contribution in [0.4, 0.5) is 11.4 Å². The number of rotatable bonds is 4. The molecule has 2 aromatic rings. The third kappa shape index (κ3) is 3.46. The quantitative estimate of drug-likeness (QED) is 0.663. The Labute approximate surface area is 142 Å². The van der Waals surface area contributed by atoms with Crippen LogP contribution in [0.2, 0.25) is 10.0 Å². The van der Waals surface area contributed by atoms with E-state index in [1.165, 1.54) is 17.7 Å². The SMILES string of the molecule is Cc1nn(C(C)C(=O)Nc2ccc(Cl)c(Cl)c2)c(C)c1[N+](=O)[O-]. The topological polar surface area (TPSA) is 90.1 Å². The van der Waals surface area contributed by atoms with Gasteiger partial charge in [-0.15, -0.1) is 0 Å². The fourth-order valence-corrected chi connectivity index (χ4v) is 2.53. The van der Waals surface area contributed by atoms with Crippen molar-refractivity contribution in [2.75, 3.05) is 5.32 Å². The standard InChI is InChI=1S/C14H14Cl2N4O3/c1-7-13(20(22)23)8(2)19(18-7)9(3)14(21)17-10-4-5-11(15)12(16)6-10/h4-6,9H,1-3H3,(H,17,21). The maximum absolute atomic E-state index is 12.3. The molecule has 0 aliphatic rings. The van der Waals surface area contributed by atoms with E-state index in [0.29, 0.717) is 21.4 Å². The molecule has 0 aliphatic carbocycles. The van der Waals surface area contributed by atoms with E-state index in [0.717, 1.165) is 0 Å². The third-order valence-electron chi connectivity index (χ3n) is 3.40. The molecule has 0 radical (unpaired) electrons. The largest absolute Gasteiger partial charge is 0.324 e. The van der Waals surface area contributed by atoms with Crippen molar-refractivity contribution in [1.82, 2.24) is 9.78 Å². The van der Waals surface area contributed by atoms with Crippen molar-refractivity contribution >= 4 is 40.5 Å². The second-order valence-corrected chi connectivity index (χ2v) is 5.83. The van der Waals surface area contributed by atoms with Gasteiger partial charge in [-0.1, -0.05) is 23.2 Å². The summed E-state index contributed by atoms with van der Waals surface area (Å²) < 4.78 is 1.33. The van der Waals surface area contributed by atoms with Crippen LogP contribution >= 0.6 is 23.2 Å². The number of carbonyl (C=O) groups is 1. The van der Waals surface area contributed by atoms with Gasteiger partial charge in [0.2, 0.25) is 5.91 Å². The molecule has 0 saturated carbocycles. The Morgan fingerprint density at radius 2 is 2.00 bits per heavy atom. The number of nitro groups is 1. The monoisotopic (exact) mass is 356 g/mol. The van der Waals surface area contributed by atoms with E-state index < -0.39 is 11.0 Å². The molecule has 2 rings (SSSR count). The molecule has 1 N–H and O–H groups in total. The summed E-state index contributed by atoms with van der Waals surface area (Å²) in [6.45, 7) is 4.70. The minimum Gasteiger partial charge on any atom is -0.324 e. The summed E-state index contributed by atoms with van der Waals surface area (Å²) in [6.07, 6.45) is 0. The van der Waals surface area contributed by atoms with Gasteiger partial charge in [0.1, 0.15) is 17.4 Å². The number of aromatic nitrogens is 2. The Kier molecular flexibility index (Phi) is 4.91. The number of aryl methyl sites for hydroxylation is 1. The Morgan fingerprint density at radius 1 is 1.35 bits per heavy atom. The van der Waals surface area contributed by atoms with Crippen LogP contribution in [-0.4, -0.2) is 20.6 Å². The maximum atomic E-state index is 12.3. The zero-order chi connectivity index (χ0) is 17.3. The predicted octanol–water partition coefficient (Wildman–Crippen LogP) is 3.91. The van der Waals surface area contributed by atoms with Gasteiger partial charge in [0.05, 0.1) is 15.0 Å².